The maximum atomic E-state index is 13.0. The van der Waals surface area contributed by atoms with Crippen LogP contribution in [0.2, 0.25) is 0 Å². The van der Waals surface area contributed by atoms with E-state index in [9.17, 15) is 29.6 Å². The van der Waals surface area contributed by atoms with Crippen LogP contribution in [0, 0.1) is 0 Å². The van der Waals surface area contributed by atoms with E-state index in [1.807, 2.05) is 0 Å². The van der Waals surface area contributed by atoms with Crippen LogP contribution in [0.5, 0.6) is 5.75 Å². The molecule has 0 spiro atoms. The number of carboxylic acid groups (broad SMARTS) is 2. The molecule has 2 aliphatic heterocycles. The Balaban J connectivity index is 1.82. The SMILES string of the molecule is CC(C)(O/N=C(\C(=O)N[C@H]1Cc2cccc(C(=O)O)c2OB1O)C1CSC(N)=N1)C(=O)O. The third kappa shape index (κ3) is 4.97. The van der Waals surface area contributed by atoms with Crippen LogP contribution in [0.3, 0.4) is 0 Å². The summed E-state index contributed by atoms with van der Waals surface area (Å²) in [5, 5.41) is 35.4. The smallest absolute Gasteiger partial charge is 0.534 e. The van der Waals surface area contributed by atoms with Gasteiger partial charge in [0.25, 0.3) is 5.91 Å². The van der Waals surface area contributed by atoms with Crippen molar-refractivity contribution in [2.45, 2.75) is 37.9 Å². The molecule has 0 saturated carbocycles. The highest BCUT2D eigenvalue weighted by molar-refractivity contribution is 8.14. The van der Waals surface area contributed by atoms with Crippen molar-refractivity contribution < 1.29 is 39.1 Å². The zero-order valence-electron chi connectivity index (χ0n) is 17.1. The third-order valence-electron chi connectivity index (χ3n) is 4.77. The van der Waals surface area contributed by atoms with Crippen molar-refractivity contribution in [1.82, 2.24) is 5.32 Å². The number of aliphatic imine (C=N–C) groups is 1. The van der Waals surface area contributed by atoms with Crippen LogP contribution >= 0.6 is 11.8 Å². The summed E-state index contributed by atoms with van der Waals surface area (Å²) in [7, 11) is -1.53. The molecule has 14 heteroatoms. The van der Waals surface area contributed by atoms with Crippen LogP contribution in [-0.2, 0) is 20.8 Å². The molecule has 0 radical (unpaired) electrons. The number of nitrogens with zero attached hydrogens (tertiary/aromatic N) is 2. The number of aromatic carboxylic acids is 1. The van der Waals surface area contributed by atoms with E-state index in [0.29, 0.717) is 11.3 Å². The number of carboxylic acids is 2. The number of benzene rings is 1. The molecular weight excluding hydrogens is 443 g/mol. The lowest BCUT2D eigenvalue weighted by Crippen LogP contribution is -2.55. The number of oxime groups is 1. The largest absolute Gasteiger partial charge is 0.547 e. The van der Waals surface area contributed by atoms with Gasteiger partial charge in [-0.3, -0.25) is 9.79 Å². The molecule has 12 nitrogen and oxygen atoms in total. The summed E-state index contributed by atoms with van der Waals surface area (Å²) in [4.78, 5) is 44.8. The average molecular weight is 464 g/mol. The quantitative estimate of drug-likeness (QED) is 0.199. The fourth-order valence-corrected chi connectivity index (χ4v) is 3.71. The van der Waals surface area contributed by atoms with Gasteiger partial charge in [0, 0.05) is 5.75 Å². The minimum Gasteiger partial charge on any atom is -0.534 e. The molecule has 0 fully saturated rings. The van der Waals surface area contributed by atoms with Gasteiger partial charge in [-0.1, -0.05) is 29.1 Å². The molecule has 3 rings (SSSR count). The van der Waals surface area contributed by atoms with Crippen molar-refractivity contribution in [2.75, 3.05) is 5.75 Å². The molecule has 32 heavy (non-hydrogen) atoms. The molecular formula is C18H21BN4O8S. The maximum Gasteiger partial charge on any atom is 0.547 e. The second-order valence-electron chi connectivity index (χ2n) is 7.57. The lowest BCUT2D eigenvalue weighted by atomic mass is 9.72. The minimum absolute atomic E-state index is 0.0306. The van der Waals surface area contributed by atoms with Gasteiger partial charge in [-0.15, -0.1) is 0 Å². The van der Waals surface area contributed by atoms with Crippen molar-refractivity contribution >= 4 is 47.6 Å². The van der Waals surface area contributed by atoms with Gasteiger partial charge in [0.15, 0.2) is 10.9 Å². The van der Waals surface area contributed by atoms with Crippen LogP contribution in [0.1, 0.15) is 29.8 Å². The van der Waals surface area contributed by atoms with Gasteiger partial charge in [0.1, 0.15) is 11.8 Å². The van der Waals surface area contributed by atoms with E-state index in [0.717, 1.165) is 0 Å². The molecule has 1 aromatic carbocycles. The maximum absolute atomic E-state index is 13.0. The number of fused-ring (bicyclic) bond motifs is 1. The lowest BCUT2D eigenvalue weighted by Gasteiger charge is -2.29. The Labute approximate surface area is 187 Å². The summed E-state index contributed by atoms with van der Waals surface area (Å²) in [6.45, 7) is 2.54. The normalized spacial score (nSPS) is 20.7. The number of amidine groups is 1. The van der Waals surface area contributed by atoms with E-state index in [2.05, 4.69) is 15.5 Å². The Hall–Kier alpha value is -3.26. The fraction of sp³-hybridized carbons (Fsp3) is 0.389. The zero-order valence-corrected chi connectivity index (χ0v) is 18.0. The van der Waals surface area contributed by atoms with Gasteiger partial charge in [0.05, 0.1) is 11.5 Å². The van der Waals surface area contributed by atoms with Gasteiger partial charge in [-0.05, 0) is 31.9 Å². The molecule has 0 aromatic heterocycles. The third-order valence-corrected chi connectivity index (χ3v) is 5.66. The Morgan fingerprint density at radius 3 is 2.69 bits per heavy atom. The number of carbonyl (C=O) groups excluding carboxylic acids is 1. The first-order chi connectivity index (χ1) is 15.0. The number of hydrogen-bond donors (Lipinski definition) is 5. The first-order valence-corrected chi connectivity index (χ1v) is 10.4. The summed E-state index contributed by atoms with van der Waals surface area (Å²) in [6.07, 6.45) is 0.0862. The molecule has 2 heterocycles. The number of aliphatic carboxylic acids is 1. The molecule has 2 aliphatic rings. The second kappa shape index (κ2) is 9.08. The van der Waals surface area contributed by atoms with Crippen LogP contribution in [0.4, 0.5) is 0 Å². The topological polar surface area (TPSA) is 193 Å². The van der Waals surface area contributed by atoms with E-state index in [1.54, 1.807) is 6.07 Å². The number of rotatable bonds is 7. The fourth-order valence-electron chi connectivity index (χ4n) is 2.95. The van der Waals surface area contributed by atoms with Gasteiger partial charge in [0.2, 0.25) is 5.60 Å². The highest BCUT2D eigenvalue weighted by Crippen LogP contribution is 2.30. The summed E-state index contributed by atoms with van der Waals surface area (Å²) >= 11 is 1.20. The first kappa shape index (κ1) is 23.4. The monoisotopic (exact) mass is 464 g/mol. The summed E-state index contributed by atoms with van der Waals surface area (Å²) < 4.78 is 5.37. The number of amides is 1. The number of hydrogen-bond acceptors (Lipinski definition) is 10. The molecule has 0 bridgehead atoms. The predicted octanol–water partition coefficient (Wildman–Crippen LogP) is -0.510. The summed E-state index contributed by atoms with van der Waals surface area (Å²) in [5.41, 5.74) is 4.14. The second-order valence-corrected chi connectivity index (χ2v) is 8.61. The molecule has 2 atom stereocenters. The Morgan fingerprint density at radius 2 is 2.09 bits per heavy atom. The standard InChI is InChI=1S/C18H21BN4O8S/c1-18(2,16(27)28)31-23-12(10-7-32-17(20)21-10)14(24)22-11-6-8-4-3-5-9(15(25)26)13(8)30-19(11)29/h3-5,10-11,29H,6-7H2,1-2H3,(H2,20,21)(H,22,24)(H,25,26)(H,27,28)/b23-12-/t10?,11-/m0/s1. The van der Waals surface area contributed by atoms with Crippen molar-refractivity contribution in [3.8, 4) is 5.75 Å². The van der Waals surface area contributed by atoms with Gasteiger partial charge in [-0.25, -0.2) is 9.59 Å². The number of nitrogens with one attached hydrogen (secondary N) is 1. The minimum atomic E-state index is -1.70. The summed E-state index contributed by atoms with van der Waals surface area (Å²) in [5.74, 6) is -3.87. The van der Waals surface area contributed by atoms with Crippen LogP contribution in [-0.4, -0.2) is 74.4 Å². The Morgan fingerprint density at radius 1 is 1.38 bits per heavy atom. The highest BCUT2D eigenvalue weighted by atomic mass is 32.2. The first-order valence-electron chi connectivity index (χ1n) is 9.46. The van der Waals surface area contributed by atoms with Gasteiger partial charge in [-0.2, -0.15) is 0 Å². The van der Waals surface area contributed by atoms with Crippen LogP contribution < -0.4 is 15.7 Å². The van der Waals surface area contributed by atoms with Crippen molar-refractivity contribution in [3.05, 3.63) is 29.3 Å². The Kier molecular flexibility index (Phi) is 6.64. The van der Waals surface area contributed by atoms with Crippen LogP contribution in [0.15, 0.2) is 28.3 Å². The average Bonchev–Trinajstić information content (AvgIpc) is 3.13. The highest BCUT2D eigenvalue weighted by Gasteiger charge is 2.40. The number of thioether (sulfide) groups is 1. The van der Waals surface area contributed by atoms with E-state index in [-0.39, 0.29) is 28.6 Å². The zero-order chi connectivity index (χ0) is 23.6. The Bertz CT molecular complexity index is 1010. The number of nitrogens with two attached hydrogens (primary N) is 1. The molecule has 0 aliphatic carbocycles. The van der Waals surface area contributed by atoms with Crippen molar-refractivity contribution in [1.29, 1.82) is 0 Å². The van der Waals surface area contributed by atoms with Gasteiger partial charge < -0.3 is 35.8 Å². The van der Waals surface area contributed by atoms with Crippen molar-refractivity contribution in [2.24, 2.45) is 15.9 Å². The molecule has 1 amide bonds. The molecule has 170 valence electrons. The number of carbonyl (C=O) groups is 3. The van der Waals surface area contributed by atoms with E-state index in [1.165, 1.54) is 37.7 Å². The lowest BCUT2D eigenvalue weighted by molar-refractivity contribution is -0.161. The van der Waals surface area contributed by atoms with E-state index < -0.39 is 42.5 Å². The molecule has 0 saturated heterocycles. The van der Waals surface area contributed by atoms with Gasteiger partial charge >= 0.3 is 19.1 Å². The van der Waals surface area contributed by atoms with Crippen molar-refractivity contribution in [3.63, 3.8) is 0 Å². The molecule has 1 unspecified atom stereocenters. The predicted molar refractivity (Wildman–Crippen MR) is 116 cm³/mol. The van der Waals surface area contributed by atoms with E-state index >= 15 is 0 Å². The summed E-state index contributed by atoms with van der Waals surface area (Å²) in [6, 6.07) is 3.72. The molecule has 6 N–H and O–H groups in total. The molecule has 1 aromatic rings. The van der Waals surface area contributed by atoms with Crippen LogP contribution in [0.25, 0.3) is 0 Å². The van der Waals surface area contributed by atoms with E-state index in [4.69, 9.17) is 15.2 Å². The number of para-hydroxylation sites is 1.